The molecule has 0 aromatic carbocycles. The molecule has 4 heteroatoms. The number of hydrogen-bond donors (Lipinski definition) is 1. The van der Waals surface area contributed by atoms with Crippen LogP contribution < -0.4 is 5.32 Å². The van der Waals surface area contributed by atoms with Crippen molar-refractivity contribution in [3.05, 3.63) is 0 Å². The summed E-state index contributed by atoms with van der Waals surface area (Å²) in [7, 11) is 0. The molecule has 0 spiro atoms. The van der Waals surface area contributed by atoms with E-state index in [2.05, 4.69) is 12.2 Å². The molecule has 2 atom stereocenters. The SMILES string of the molecule is CC1CCC(NCCOCC(F)F)C1. The van der Waals surface area contributed by atoms with Crippen LogP contribution in [0.3, 0.4) is 0 Å². The first kappa shape index (κ1) is 11.9. The minimum Gasteiger partial charge on any atom is -0.374 e. The van der Waals surface area contributed by atoms with Crippen LogP contribution in [-0.2, 0) is 4.74 Å². The van der Waals surface area contributed by atoms with E-state index in [0.717, 1.165) is 5.92 Å². The molecule has 2 unspecified atom stereocenters. The minimum atomic E-state index is -2.35. The Hall–Kier alpha value is -0.220. The molecule has 0 saturated heterocycles. The lowest BCUT2D eigenvalue weighted by atomic mass is 10.1. The third-order valence-corrected chi connectivity index (χ3v) is 2.62. The van der Waals surface area contributed by atoms with E-state index >= 15 is 0 Å². The van der Waals surface area contributed by atoms with Crippen LogP contribution in [0.25, 0.3) is 0 Å². The van der Waals surface area contributed by atoms with Crippen LogP contribution in [0, 0.1) is 5.92 Å². The fraction of sp³-hybridized carbons (Fsp3) is 1.00. The summed E-state index contributed by atoms with van der Waals surface area (Å²) < 4.78 is 28.1. The van der Waals surface area contributed by atoms with Gasteiger partial charge in [-0.3, -0.25) is 0 Å². The van der Waals surface area contributed by atoms with Crippen LogP contribution in [-0.4, -0.2) is 32.2 Å². The Labute approximate surface area is 84.0 Å². The second kappa shape index (κ2) is 6.30. The molecule has 0 amide bonds. The van der Waals surface area contributed by atoms with Gasteiger partial charge in [0.25, 0.3) is 6.43 Å². The molecule has 1 saturated carbocycles. The van der Waals surface area contributed by atoms with E-state index in [1.165, 1.54) is 19.3 Å². The Kier molecular flexibility index (Phi) is 5.33. The molecular weight excluding hydrogens is 188 g/mol. The van der Waals surface area contributed by atoms with Gasteiger partial charge in [-0.25, -0.2) is 8.78 Å². The molecule has 84 valence electrons. The van der Waals surface area contributed by atoms with Crippen molar-refractivity contribution in [3.63, 3.8) is 0 Å². The third kappa shape index (κ3) is 4.86. The van der Waals surface area contributed by atoms with E-state index in [1.54, 1.807) is 0 Å². The summed E-state index contributed by atoms with van der Waals surface area (Å²) in [4.78, 5) is 0. The van der Waals surface area contributed by atoms with Crippen molar-refractivity contribution in [1.29, 1.82) is 0 Å². The molecule has 0 aliphatic heterocycles. The molecular formula is C10H19F2NO. The second-order valence-electron chi connectivity index (χ2n) is 4.04. The van der Waals surface area contributed by atoms with Crippen molar-refractivity contribution in [1.82, 2.24) is 5.32 Å². The average Bonchev–Trinajstić information content (AvgIpc) is 2.50. The van der Waals surface area contributed by atoms with Gasteiger partial charge < -0.3 is 10.1 Å². The van der Waals surface area contributed by atoms with Gasteiger partial charge in [-0.2, -0.15) is 0 Å². The predicted octanol–water partition coefficient (Wildman–Crippen LogP) is 2.05. The zero-order valence-electron chi connectivity index (χ0n) is 8.64. The van der Waals surface area contributed by atoms with E-state index in [9.17, 15) is 8.78 Å². The summed E-state index contributed by atoms with van der Waals surface area (Å²) in [6.45, 7) is 2.87. The molecule has 1 rings (SSSR count). The lowest BCUT2D eigenvalue weighted by Crippen LogP contribution is -2.30. The topological polar surface area (TPSA) is 21.3 Å². The van der Waals surface area contributed by atoms with Crippen molar-refractivity contribution in [2.45, 2.75) is 38.7 Å². The van der Waals surface area contributed by atoms with Crippen LogP contribution >= 0.6 is 0 Å². The monoisotopic (exact) mass is 207 g/mol. The maximum absolute atomic E-state index is 11.7. The fourth-order valence-corrected chi connectivity index (χ4v) is 1.90. The molecule has 0 bridgehead atoms. The van der Waals surface area contributed by atoms with E-state index in [-0.39, 0.29) is 0 Å². The van der Waals surface area contributed by atoms with Gasteiger partial charge in [0.15, 0.2) is 0 Å². The van der Waals surface area contributed by atoms with Crippen molar-refractivity contribution >= 4 is 0 Å². The Morgan fingerprint density at radius 3 is 2.79 bits per heavy atom. The van der Waals surface area contributed by atoms with Crippen LogP contribution in [0.5, 0.6) is 0 Å². The number of alkyl halides is 2. The number of ether oxygens (including phenoxy) is 1. The average molecular weight is 207 g/mol. The second-order valence-corrected chi connectivity index (χ2v) is 4.04. The van der Waals surface area contributed by atoms with Gasteiger partial charge in [-0.15, -0.1) is 0 Å². The van der Waals surface area contributed by atoms with Crippen LogP contribution in [0.15, 0.2) is 0 Å². The predicted molar refractivity (Wildman–Crippen MR) is 51.6 cm³/mol. The van der Waals surface area contributed by atoms with E-state index in [0.29, 0.717) is 19.2 Å². The van der Waals surface area contributed by atoms with Gasteiger partial charge in [-0.05, 0) is 25.2 Å². The van der Waals surface area contributed by atoms with Crippen molar-refractivity contribution < 1.29 is 13.5 Å². The summed E-state index contributed by atoms with van der Waals surface area (Å²) in [6.07, 6.45) is 1.34. The third-order valence-electron chi connectivity index (χ3n) is 2.62. The number of rotatable bonds is 6. The molecule has 1 aliphatic carbocycles. The first-order chi connectivity index (χ1) is 6.68. The highest BCUT2D eigenvalue weighted by Crippen LogP contribution is 2.24. The molecule has 2 nitrogen and oxygen atoms in total. The van der Waals surface area contributed by atoms with Gasteiger partial charge in [0.2, 0.25) is 0 Å². The van der Waals surface area contributed by atoms with E-state index < -0.39 is 13.0 Å². The molecule has 0 aromatic rings. The lowest BCUT2D eigenvalue weighted by molar-refractivity contribution is 0.0182. The summed E-state index contributed by atoms with van der Waals surface area (Å²) in [6, 6.07) is 0.570. The Bertz CT molecular complexity index is 155. The number of hydrogen-bond acceptors (Lipinski definition) is 2. The van der Waals surface area contributed by atoms with Gasteiger partial charge in [-0.1, -0.05) is 6.92 Å². The van der Waals surface area contributed by atoms with Gasteiger partial charge in [0.1, 0.15) is 6.61 Å². The Balaban J connectivity index is 1.89. The number of nitrogens with one attached hydrogen (secondary N) is 1. The first-order valence-corrected chi connectivity index (χ1v) is 5.27. The molecule has 1 N–H and O–H groups in total. The fourth-order valence-electron chi connectivity index (χ4n) is 1.90. The van der Waals surface area contributed by atoms with Gasteiger partial charge in [0, 0.05) is 12.6 Å². The lowest BCUT2D eigenvalue weighted by Gasteiger charge is -2.12. The zero-order chi connectivity index (χ0) is 10.4. The maximum atomic E-state index is 11.7. The molecule has 14 heavy (non-hydrogen) atoms. The largest absolute Gasteiger partial charge is 0.374 e. The standard InChI is InChI=1S/C10H19F2NO/c1-8-2-3-9(6-8)13-4-5-14-7-10(11)12/h8-10,13H,2-7H2,1H3. The molecule has 0 aromatic heterocycles. The van der Waals surface area contributed by atoms with Crippen LogP contribution in [0.4, 0.5) is 8.78 Å². The smallest absolute Gasteiger partial charge is 0.261 e. The zero-order valence-corrected chi connectivity index (χ0v) is 8.64. The highest BCUT2D eigenvalue weighted by Gasteiger charge is 2.20. The van der Waals surface area contributed by atoms with Crippen LogP contribution in [0.2, 0.25) is 0 Å². The summed E-state index contributed by atoms with van der Waals surface area (Å²) >= 11 is 0. The van der Waals surface area contributed by atoms with Crippen molar-refractivity contribution in [2.24, 2.45) is 5.92 Å². The van der Waals surface area contributed by atoms with Gasteiger partial charge >= 0.3 is 0 Å². The van der Waals surface area contributed by atoms with Crippen LogP contribution in [0.1, 0.15) is 26.2 Å². The summed E-state index contributed by atoms with van der Waals surface area (Å²) in [5.41, 5.74) is 0. The van der Waals surface area contributed by atoms with Crippen molar-refractivity contribution in [2.75, 3.05) is 19.8 Å². The van der Waals surface area contributed by atoms with Gasteiger partial charge in [0.05, 0.1) is 6.61 Å². The Morgan fingerprint density at radius 2 is 2.21 bits per heavy atom. The first-order valence-electron chi connectivity index (χ1n) is 5.27. The summed E-state index contributed by atoms with van der Waals surface area (Å²) in [5, 5.41) is 3.32. The Morgan fingerprint density at radius 1 is 1.43 bits per heavy atom. The minimum absolute atomic E-state index is 0.384. The van der Waals surface area contributed by atoms with E-state index in [1.807, 2.05) is 0 Å². The normalized spacial score (nSPS) is 27.4. The van der Waals surface area contributed by atoms with Crippen molar-refractivity contribution in [3.8, 4) is 0 Å². The molecule has 1 fully saturated rings. The highest BCUT2D eigenvalue weighted by atomic mass is 19.3. The van der Waals surface area contributed by atoms with E-state index in [4.69, 9.17) is 4.74 Å². The maximum Gasteiger partial charge on any atom is 0.261 e. The molecule has 1 aliphatic rings. The summed E-state index contributed by atoms with van der Waals surface area (Å²) in [5.74, 6) is 0.800. The highest BCUT2D eigenvalue weighted by molar-refractivity contribution is 4.77. The number of halogens is 2. The quantitative estimate of drug-likeness (QED) is 0.673. The molecule has 0 radical (unpaired) electrons. The molecule has 0 heterocycles.